The molecule has 0 aliphatic carbocycles. The first-order chi connectivity index (χ1) is 8.04. The highest BCUT2D eigenvalue weighted by Gasteiger charge is 2.05. The molecule has 0 saturated heterocycles. The average molecular weight is 234 g/mol. The predicted molar refractivity (Wildman–Crippen MR) is 71.5 cm³/mol. The van der Waals surface area contributed by atoms with E-state index in [9.17, 15) is 0 Å². The van der Waals surface area contributed by atoms with E-state index in [-0.39, 0.29) is 0 Å². The number of benzene rings is 1. The molecule has 0 bridgehead atoms. The molecule has 0 saturated carbocycles. The van der Waals surface area contributed by atoms with Crippen molar-refractivity contribution in [3.8, 4) is 5.75 Å². The van der Waals surface area contributed by atoms with Gasteiger partial charge in [-0.25, -0.2) is 0 Å². The Morgan fingerprint density at radius 1 is 1.35 bits per heavy atom. The highest BCUT2D eigenvalue weighted by atomic mass is 16.5. The first kappa shape index (κ1) is 13.6. The van der Waals surface area contributed by atoms with Crippen LogP contribution in [0.25, 0.3) is 0 Å². The second-order valence-electron chi connectivity index (χ2n) is 4.44. The molecular formula is C15H22O2. The zero-order valence-corrected chi connectivity index (χ0v) is 11.2. The van der Waals surface area contributed by atoms with Gasteiger partial charge in [-0.3, -0.25) is 0 Å². The van der Waals surface area contributed by atoms with Crippen molar-refractivity contribution in [3.05, 3.63) is 41.7 Å². The van der Waals surface area contributed by atoms with E-state index >= 15 is 0 Å². The minimum absolute atomic E-state index is 0.413. The Morgan fingerprint density at radius 3 is 2.65 bits per heavy atom. The van der Waals surface area contributed by atoms with Crippen LogP contribution < -0.4 is 4.74 Å². The van der Waals surface area contributed by atoms with Crippen molar-refractivity contribution in [2.45, 2.75) is 33.6 Å². The minimum Gasteiger partial charge on any atom is -0.495 e. The molecule has 0 amide bonds. The largest absolute Gasteiger partial charge is 0.495 e. The van der Waals surface area contributed by atoms with Gasteiger partial charge in [0.05, 0.1) is 6.61 Å². The fraction of sp³-hybridized carbons (Fsp3) is 0.467. The predicted octanol–water partition coefficient (Wildman–Crippen LogP) is 4.05. The van der Waals surface area contributed by atoms with Crippen LogP contribution in [0.3, 0.4) is 0 Å². The lowest BCUT2D eigenvalue weighted by molar-refractivity contribution is 0.181. The SMILES string of the molecule is C=C(COc1cc(C(C)C)ccc1C)OCC. The summed E-state index contributed by atoms with van der Waals surface area (Å²) in [5, 5.41) is 0. The van der Waals surface area contributed by atoms with Gasteiger partial charge in [0.25, 0.3) is 0 Å². The van der Waals surface area contributed by atoms with Gasteiger partial charge in [0.1, 0.15) is 18.1 Å². The molecule has 0 aromatic heterocycles. The Bertz CT molecular complexity index is 381. The molecule has 0 unspecified atom stereocenters. The Labute approximate surface area is 104 Å². The Kier molecular flexibility index (Phi) is 5.08. The molecule has 2 heteroatoms. The third-order valence-electron chi connectivity index (χ3n) is 2.62. The van der Waals surface area contributed by atoms with Gasteiger partial charge in [0.2, 0.25) is 0 Å². The molecule has 0 N–H and O–H groups in total. The summed E-state index contributed by atoms with van der Waals surface area (Å²) >= 11 is 0. The zero-order chi connectivity index (χ0) is 12.8. The molecular weight excluding hydrogens is 212 g/mol. The summed E-state index contributed by atoms with van der Waals surface area (Å²) < 4.78 is 11.0. The van der Waals surface area contributed by atoms with Crippen LogP contribution in [0.5, 0.6) is 5.75 Å². The van der Waals surface area contributed by atoms with Gasteiger partial charge in [0.15, 0.2) is 0 Å². The summed E-state index contributed by atoms with van der Waals surface area (Å²) in [5.74, 6) is 2.09. The lowest BCUT2D eigenvalue weighted by Gasteiger charge is -2.13. The second-order valence-corrected chi connectivity index (χ2v) is 4.44. The molecule has 17 heavy (non-hydrogen) atoms. The van der Waals surface area contributed by atoms with Crippen molar-refractivity contribution < 1.29 is 9.47 Å². The van der Waals surface area contributed by atoms with Crippen LogP contribution in [0.1, 0.15) is 37.8 Å². The Hall–Kier alpha value is -1.44. The van der Waals surface area contributed by atoms with Crippen molar-refractivity contribution >= 4 is 0 Å². The fourth-order valence-corrected chi connectivity index (χ4v) is 1.54. The maximum absolute atomic E-state index is 5.72. The average Bonchev–Trinajstić information content (AvgIpc) is 2.28. The Morgan fingerprint density at radius 2 is 2.06 bits per heavy atom. The zero-order valence-electron chi connectivity index (χ0n) is 11.2. The van der Waals surface area contributed by atoms with Crippen LogP contribution >= 0.6 is 0 Å². The van der Waals surface area contributed by atoms with Gasteiger partial charge in [-0.1, -0.05) is 32.6 Å². The number of hydrogen-bond acceptors (Lipinski definition) is 2. The maximum Gasteiger partial charge on any atom is 0.145 e. The van der Waals surface area contributed by atoms with E-state index in [2.05, 4.69) is 38.6 Å². The normalized spacial score (nSPS) is 10.4. The van der Waals surface area contributed by atoms with E-state index < -0.39 is 0 Å². The van der Waals surface area contributed by atoms with Gasteiger partial charge >= 0.3 is 0 Å². The molecule has 1 aromatic carbocycles. The number of ether oxygens (including phenoxy) is 2. The van der Waals surface area contributed by atoms with Crippen LogP contribution in [-0.4, -0.2) is 13.2 Å². The minimum atomic E-state index is 0.413. The van der Waals surface area contributed by atoms with Crippen LogP contribution in [-0.2, 0) is 4.74 Å². The molecule has 0 atom stereocenters. The molecule has 1 aromatic rings. The van der Waals surface area contributed by atoms with Crippen molar-refractivity contribution in [1.82, 2.24) is 0 Å². The third-order valence-corrected chi connectivity index (χ3v) is 2.62. The van der Waals surface area contributed by atoms with E-state index in [0.717, 1.165) is 11.3 Å². The van der Waals surface area contributed by atoms with E-state index in [1.54, 1.807) is 0 Å². The molecule has 0 spiro atoms. The molecule has 0 aliphatic heterocycles. The first-order valence-electron chi connectivity index (χ1n) is 6.08. The van der Waals surface area contributed by atoms with E-state index in [0.29, 0.717) is 24.9 Å². The highest BCUT2D eigenvalue weighted by Crippen LogP contribution is 2.24. The van der Waals surface area contributed by atoms with Gasteiger partial charge in [-0.05, 0) is 37.0 Å². The quantitative estimate of drug-likeness (QED) is 0.691. The molecule has 0 radical (unpaired) electrons. The summed E-state index contributed by atoms with van der Waals surface area (Å²) in [5.41, 5.74) is 2.42. The third kappa shape index (κ3) is 4.14. The molecule has 2 nitrogen and oxygen atoms in total. The summed E-state index contributed by atoms with van der Waals surface area (Å²) in [6.45, 7) is 13.2. The maximum atomic E-state index is 5.72. The van der Waals surface area contributed by atoms with Crippen LogP contribution in [0.15, 0.2) is 30.5 Å². The smallest absolute Gasteiger partial charge is 0.145 e. The van der Waals surface area contributed by atoms with Gasteiger partial charge in [-0.15, -0.1) is 0 Å². The topological polar surface area (TPSA) is 18.5 Å². The van der Waals surface area contributed by atoms with Crippen LogP contribution in [0.4, 0.5) is 0 Å². The van der Waals surface area contributed by atoms with Crippen molar-refractivity contribution in [2.24, 2.45) is 0 Å². The highest BCUT2D eigenvalue weighted by molar-refractivity contribution is 5.37. The molecule has 0 fully saturated rings. The second kappa shape index (κ2) is 6.33. The van der Waals surface area contributed by atoms with Gasteiger partial charge < -0.3 is 9.47 Å². The van der Waals surface area contributed by atoms with E-state index in [1.165, 1.54) is 5.56 Å². The fourth-order valence-electron chi connectivity index (χ4n) is 1.54. The first-order valence-corrected chi connectivity index (χ1v) is 6.08. The summed E-state index contributed by atoms with van der Waals surface area (Å²) in [6, 6.07) is 6.33. The van der Waals surface area contributed by atoms with Crippen molar-refractivity contribution in [2.75, 3.05) is 13.2 Å². The standard InChI is InChI=1S/C15H22O2/c1-6-16-13(5)10-17-15-9-14(11(2)3)8-7-12(15)4/h7-9,11H,5-6,10H2,1-4H3. The van der Waals surface area contributed by atoms with Crippen LogP contribution in [0, 0.1) is 6.92 Å². The van der Waals surface area contributed by atoms with Crippen molar-refractivity contribution in [1.29, 1.82) is 0 Å². The number of rotatable bonds is 6. The summed E-state index contributed by atoms with van der Waals surface area (Å²) in [4.78, 5) is 0. The number of aryl methyl sites for hydroxylation is 1. The molecule has 0 heterocycles. The monoisotopic (exact) mass is 234 g/mol. The van der Waals surface area contributed by atoms with Crippen LogP contribution in [0.2, 0.25) is 0 Å². The Balaban J connectivity index is 2.69. The number of hydrogen-bond donors (Lipinski definition) is 0. The summed E-state index contributed by atoms with van der Waals surface area (Å²) in [6.07, 6.45) is 0. The lowest BCUT2D eigenvalue weighted by atomic mass is 10.0. The summed E-state index contributed by atoms with van der Waals surface area (Å²) in [7, 11) is 0. The van der Waals surface area contributed by atoms with E-state index in [1.807, 2.05) is 13.8 Å². The lowest BCUT2D eigenvalue weighted by Crippen LogP contribution is -2.05. The molecule has 94 valence electrons. The van der Waals surface area contributed by atoms with Gasteiger partial charge in [0, 0.05) is 0 Å². The van der Waals surface area contributed by atoms with Gasteiger partial charge in [-0.2, -0.15) is 0 Å². The molecule has 0 aliphatic rings. The van der Waals surface area contributed by atoms with E-state index in [4.69, 9.17) is 9.47 Å². The molecule has 1 rings (SSSR count). The van der Waals surface area contributed by atoms with Crippen molar-refractivity contribution in [3.63, 3.8) is 0 Å².